The van der Waals surface area contributed by atoms with Gasteiger partial charge in [-0.25, -0.2) is 4.98 Å². The molecule has 1 saturated carbocycles. The van der Waals surface area contributed by atoms with E-state index in [0.29, 0.717) is 18.3 Å². The number of hydrogen-bond acceptors (Lipinski definition) is 5. The van der Waals surface area contributed by atoms with Crippen molar-refractivity contribution in [3.8, 4) is 0 Å². The van der Waals surface area contributed by atoms with Crippen LogP contribution in [0, 0.1) is 0 Å². The minimum Gasteiger partial charge on any atom is -0.375 e. The van der Waals surface area contributed by atoms with Crippen LogP contribution in [0.2, 0.25) is 0 Å². The highest BCUT2D eigenvalue weighted by atomic mass is 32.2. The van der Waals surface area contributed by atoms with Gasteiger partial charge in [-0.15, -0.1) is 0 Å². The van der Waals surface area contributed by atoms with Gasteiger partial charge in [-0.2, -0.15) is 11.8 Å². The van der Waals surface area contributed by atoms with Gasteiger partial charge < -0.3 is 15.0 Å². The summed E-state index contributed by atoms with van der Waals surface area (Å²) in [5.41, 5.74) is -0.0735. The first-order chi connectivity index (χ1) is 9.72. The number of carbonyl (C=O) groups is 1. The van der Waals surface area contributed by atoms with E-state index in [4.69, 9.17) is 4.74 Å². The molecule has 2 fully saturated rings. The molecule has 108 valence electrons. The second kappa shape index (κ2) is 5.97. The summed E-state index contributed by atoms with van der Waals surface area (Å²) in [4.78, 5) is 30.5. The van der Waals surface area contributed by atoms with E-state index in [9.17, 15) is 9.59 Å². The molecule has 1 aromatic heterocycles. The lowest BCUT2D eigenvalue weighted by Crippen LogP contribution is -2.38. The molecular formula is C13H17N3O3S. The third kappa shape index (κ3) is 3.40. The van der Waals surface area contributed by atoms with E-state index in [1.54, 1.807) is 0 Å². The normalized spacial score (nSPS) is 22.5. The van der Waals surface area contributed by atoms with Crippen LogP contribution in [0.4, 0.5) is 0 Å². The maximum Gasteiger partial charge on any atom is 0.270 e. The van der Waals surface area contributed by atoms with Crippen LogP contribution in [0.5, 0.6) is 0 Å². The molecule has 1 aliphatic carbocycles. The van der Waals surface area contributed by atoms with E-state index >= 15 is 0 Å². The molecule has 1 aromatic rings. The second-order valence-corrected chi connectivity index (χ2v) is 6.22. The topological polar surface area (TPSA) is 84.1 Å². The molecule has 1 atom stereocenters. The quantitative estimate of drug-likeness (QED) is 0.845. The molecule has 2 aliphatic rings. The Kier molecular flexibility index (Phi) is 4.07. The summed E-state index contributed by atoms with van der Waals surface area (Å²) < 4.78 is 5.54. The molecule has 0 bridgehead atoms. The summed E-state index contributed by atoms with van der Waals surface area (Å²) in [7, 11) is 0. The summed E-state index contributed by atoms with van der Waals surface area (Å²) in [6, 6.07) is 1.25. The summed E-state index contributed by atoms with van der Waals surface area (Å²) >= 11 is 1.82. The predicted octanol–water partition coefficient (Wildman–Crippen LogP) is 0.509. The Balaban J connectivity index is 1.62. The van der Waals surface area contributed by atoms with Crippen LogP contribution >= 0.6 is 11.8 Å². The molecule has 1 unspecified atom stereocenters. The Morgan fingerprint density at radius 1 is 1.55 bits per heavy atom. The van der Waals surface area contributed by atoms with Gasteiger partial charge in [0, 0.05) is 30.0 Å². The molecule has 1 amide bonds. The van der Waals surface area contributed by atoms with Gasteiger partial charge in [0.15, 0.2) is 0 Å². The number of aromatic amines is 1. The van der Waals surface area contributed by atoms with Crippen LogP contribution in [0.15, 0.2) is 10.9 Å². The number of amides is 1. The first-order valence-corrected chi connectivity index (χ1v) is 7.96. The molecule has 20 heavy (non-hydrogen) atoms. The first kappa shape index (κ1) is 13.6. The van der Waals surface area contributed by atoms with E-state index in [1.807, 2.05) is 11.8 Å². The Labute approximate surface area is 120 Å². The molecule has 0 spiro atoms. The van der Waals surface area contributed by atoms with E-state index in [2.05, 4.69) is 15.3 Å². The third-order valence-corrected chi connectivity index (χ3v) is 4.39. The van der Waals surface area contributed by atoms with Crippen LogP contribution in [0.3, 0.4) is 0 Å². The van der Waals surface area contributed by atoms with E-state index in [-0.39, 0.29) is 23.3 Å². The monoisotopic (exact) mass is 295 g/mol. The highest BCUT2D eigenvalue weighted by molar-refractivity contribution is 7.99. The number of hydrogen-bond donors (Lipinski definition) is 2. The largest absolute Gasteiger partial charge is 0.375 e. The fourth-order valence-electron chi connectivity index (χ4n) is 2.09. The number of aromatic nitrogens is 2. The van der Waals surface area contributed by atoms with Crippen LogP contribution in [-0.4, -0.2) is 46.6 Å². The van der Waals surface area contributed by atoms with E-state index in [1.165, 1.54) is 6.07 Å². The van der Waals surface area contributed by atoms with Crippen molar-refractivity contribution in [2.45, 2.75) is 24.9 Å². The minimum atomic E-state index is -0.308. The zero-order valence-electron chi connectivity index (χ0n) is 11.1. The van der Waals surface area contributed by atoms with Crippen molar-refractivity contribution in [3.05, 3.63) is 27.9 Å². The Morgan fingerprint density at radius 2 is 2.40 bits per heavy atom. The van der Waals surface area contributed by atoms with Gasteiger partial charge in [0.2, 0.25) is 0 Å². The average molecular weight is 295 g/mol. The van der Waals surface area contributed by atoms with Crippen LogP contribution in [0.1, 0.15) is 35.1 Å². The van der Waals surface area contributed by atoms with Gasteiger partial charge in [0.1, 0.15) is 11.5 Å². The summed E-state index contributed by atoms with van der Waals surface area (Å²) in [6.45, 7) is 1.18. The van der Waals surface area contributed by atoms with Crippen molar-refractivity contribution in [2.24, 2.45) is 0 Å². The minimum absolute atomic E-state index is 0.0441. The summed E-state index contributed by atoms with van der Waals surface area (Å²) in [5, 5.41) is 2.79. The van der Waals surface area contributed by atoms with Crippen LogP contribution in [-0.2, 0) is 4.74 Å². The fraction of sp³-hybridized carbons (Fsp3) is 0.615. The number of rotatable bonds is 4. The van der Waals surface area contributed by atoms with Gasteiger partial charge in [-0.3, -0.25) is 9.59 Å². The number of ether oxygens (including phenoxy) is 1. The second-order valence-electron chi connectivity index (χ2n) is 5.07. The average Bonchev–Trinajstić information content (AvgIpc) is 3.30. The molecule has 6 nitrogen and oxygen atoms in total. The standard InChI is InChI=1S/C13H17N3O3S/c17-11-5-10(15-12(16-11)8-1-2-8)13(18)14-6-9-7-20-4-3-19-9/h5,8-9H,1-4,6-7H2,(H,14,18)(H,15,16,17). The molecule has 7 heteroatoms. The molecule has 2 heterocycles. The van der Waals surface area contributed by atoms with Crippen molar-refractivity contribution in [1.29, 1.82) is 0 Å². The van der Waals surface area contributed by atoms with Crippen molar-refractivity contribution >= 4 is 17.7 Å². The maximum absolute atomic E-state index is 12.0. The molecule has 0 radical (unpaired) electrons. The maximum atomic E-state index is 12.0. The van der Waals surface area contributed by atoms with Crippen LogP contribution < -0.4 is 10.9 Å². The lowest BCUT2D eigenvalue weighted by molar-refractivity contribution is 0.0689. The number of thioether (sulfide) groups is 1. The highest BCUT2D eigenvalue weighted by Gasteiger charge is 2.27. The zero-order chi connectivity index (χ0) is 13.9. The number of nitrogens with one attached hydrogen (secondary N) is 2. The summed E-state index contributed by atoms with van der Waals surface area (Å²) in [6.07, 6.45) is 2.10. The third-order valence-electron chi connectivity index (χ3n) is 3.33. The van der Waals surface area contributed by atoms with Crippen molar-refractivity contribution in [3.63, 3.8) is 0 Å². The van der Waals surface area contributed by atoms with E-state index < -0.39 is 0 Å². The molecule has 3 rings (SSSR count). The molecular weight excluding hydrogens is 278 g/mol. The number of carbonyl (C=O) groups excluding carboxylic acids is 1. The van der Waals surface area contributed by atoms with Gasteiger partial charge in [-0.1, -0.05) is 0 Å². The number of nitrogens with zero attached hydrogens (tertiary/aromatic N) is 1. The smallest absolute Gasteiger partial charge is 0.270 e. The Hall–Kier alpha value is -1.34. The fourth-order valence-corrected chi connectivity index (χ4v) is 2.95. The molecule has 0 aromatic carbocycles. The molecule has 2 N–H and O–H groups in total. The lowest BCUT2D eigenvalue weighted by Gasteiger charge is -2.22. The van der Waals surface area contributed by atoms with Crippen LogP contribution in [0.25, 0.3) is 0 Å². The highest BCUT2D eigenvalue weighted by Crippen LogP contribution is 2.37. The zero-order valence-corrected chi connectivity index (χ0v) is 11.9. The molecule has 1 aliphatic heterocycles. The van der Waals surface area contributed by atoms with Gasteiger partial charge >= 0.3 is 0 Å². The van der Waals surface area contributed by atoms with Crippen molar-refractivity contribution < 1.29 is 9.53 Å². The Bertz CT molecular complexity index is 550. The van der Waals surface area contributed by atoms with Crippen molar-refractivity contribution in [2.75, 3.05) is 24.7 Å². The lowest BCUT2D eigenvalue weighted by atomic mass is 10.3. The number of H-pyrrole nitrogens is 1. The predicted molar refractivity (Wildman–Crippen MR) is 76.2 cm³/mol. The Morgan fingerprint density at radius 3 is 3.10 bits per heavy atom. The van der Waals surface area contributed by atoms with Gasteiger partial charge in [-0.05, 0) is 12.8 Å². The van der Waals surface area contributed by atoms with Gasteiger partial charge in [0.25, 0.3) is 11.5 Å². The first-order valence-electron chi connectivity index (χ1n) is 6.81. The summed E-state index contributed by atoms with van der Waals surface area (Å²) in [5.74, 6) is 2.53. The van der Waals surface area contributed by atoms with E-state index in [0.717, 1.165) is 31.0 Å². The SMILES string of the molecule is O=C(NCC1CSCCO1)c1cc(=O)[nH]c(C2CC2)n1. The van der Waals surface area contributed by atoms with Crippen molar-refractivity contribution in [1.82, 2.24) is 15.3 Å². The van der Waals surface area contributed by atoms with Gasteiger partial charge in [0.05, 0.1) is 12.7 Å². The molecule has 1 saturated heterocycles.